The van der Waals surface area contributed by atoms with Crippen LogP contribution in [0.2, 0.25) is 0 Å². The molecule has 0 aromatic heterocycles. The summed E-state index contributed by atoms with van der Waals surface area (Å²) in [5, 5.41) is 4.78. The molecule has 86 valence electrons. The van der Waals surface area contributed by atoms with Gasteiger partial charge in [-0.1, -0.05) is 39.5 Å². The minimum absolute atomic E-state index is 0.459. The van der Waals surface area contributed by atoms with Crippen molar-refractivity contribution in [3.63, 3.8) is 0 Å². The van der Waals surface area contributed by atoms with Gasteiger partial charge in [0, 0.05) is 6.54 Å². The molecule has 0 atom stereocenters. The Hall–Kier alpha value is -0.130. The molecule has 0 rings (SSSR count). The van der Waals surface area contributed by atoms with Crippen molar-refractivity contribution < 1.29 is 8.42 Å². The zero-order chi connectivity index (χ0) is 11.0. The number of hydrogen-bond donors (Lipinski definition) is 2. The van der Waals surface area contributed by atoms with Crippen LogP contribution in [0.1, 0.15) is 46.0 Å². The summed E-state index contributed by atoms with van der Waals surface area (Å²) in [7, 11) is -3.48. The van der Waals surface area contributed by atoms with E-state index in [9.17, 15) is 8.42 Å². The Labute approximate surface area is 87.4 Å². The van der Waals surface area contributed by atoms with E-state index in [0.29, 0.717) is 6.54 Å². The third-order valence-electron chi connectivity index (χ3n) is 2.01. The van der Waals surface area contributed by atoms with E-state index >= 15 is 0 Å². The molecule has 0 aliphatic carbocycles. The summed E-state index contributed by atoms with van der Waals surface area (Å²) >= 11 is 0. The Morgan fingerprint density at radius 3 is 2.21 bits per heavy atom. The van der Waals surface area contributed by atoms with Crippen molar-refractivity contribution in [3.8, 4) is 0 Å². The highest BCUT2D eigenvalue weighted by atomic mass is 32.2. The van der Waals surface area contributed by atoms with Crippen LogP contribution < -0.4 is 9.86 Å². The number of nitrogens with two attached hydrogens (primary N) is 1. The lowest BCUT2D eigenvalue weighted by Crippen LogP contribution is -2.31. The Bertz CT molecular complexity index is 225. The lowest BCUT2D eigenvalue weighted by atomic mass is 10.0. The maximum Gasteiger partial charge on any atom is 0.274 e. The molecule has 0 radical (unpaired) electrons. The number of nitrogens with one attached hydrogen (secondary N) is 1. The average Bonchev–Trinajstić information content (AvgIpc) is 2.00. The average molecular weight is 222 g/mol. The molecule has 0 aliphatic rings. The summed E-state index contributed by atoms with van der Waals surface area (Å²) in [6, 6.07) is 0. The molecule has 0 saturated carbocycles. The third-order valence-corrected chi connectivity index (χ3v) is 2.62. The summed E-state index contributed by atoms with van der Waals surface area (Å²) in [4.78, 5) is 0. The van der Waals surface area contributed by atoms with Crippen molar-refractivity contribution in [1.29, 1.82) is 0 Å². The molecule has 0 spiro atoms. The molecule has 0 heterocycles. The fraction of sp³-hybridized carbons (Fsp3) is 1.00. The first-order valence-corrected chi connectivity index (χ1v) is 6.74. The maximum atomic E-state index is 10.5. The van der Waals surface area contributed by atoms with Gasteiger partial charge in [-0.15, -0.1) is 0 Å². The minimum Gasteiger partial charge on any atom is -0.216 e. The molecule has 14 heavy (non-hydrogen) atoms. The smallest absolute Gasteiger partial charge is 0.216 e. The molecule has 5 heteroatoms. The summed E-state index contributed by atoms with van der Waals surface area (Å²) in [6.45, 7) is 4.88. The van der Waals surface area contributed by atoms with Gasteiger partial charge in [0.25, 0.3) is 10.2 Å². The van der Waals surface area contributed by atoms with E-state index in [1.807, 2.05) is 0 Å². The largest absolute Gasteiger partial charge is 0.274 e. The Kier molecular flexibility index (Phi) is 7.13. The van der Waals surface area contributed by atoms with E-state index < -0.39 is 10.2 Å². The van der Waals surface area contributed by atoms with Crippen LogP contribution in [-0.2, 0) is 10.2 Å². The van der Waals surface area contributed by atoms with Gasteiger partial charge in [0.2, 0.25) is 0 Å². The number of rotatable bonds is 8. The van der Waals surface area contributed by atoms with E-state index in [1.54, 1.807) is 0 Å². The lowest BCUT2D eigenvalue weighted by molar-refractivity contribution is 0.517. The monoisotopic (exact) mass is 222 g/mol. The minimum atomic E-state index is -3.48. The third kappa shape index (κ3) is 11.9. The molecule has 0 saturated heterocycles. The van der Waals surface area contributed by atoms with E-state index in [4.69, 9.17) is 5.14 Å². The van der Waals surface area contributed by atoms with Crippen molar-refractivity contribution in [2.24, 2.45) is 11.1 Å². The molecular formula is C9H22N2O2S. The van der Waals surface area contributed by atoms with Gasteiger partial charge in [-0.3, -0.25) is 0 Å². The zero-order valence-corrected chi connectivity index (χ0v) is 9.94. The molecule has 0 fully saturated rings. The second-order valence-electron chi connectivity index (χ2n) is 4.04. The fourth-order valence-electron chi connectivity index (χ4n) is 1.25. The summed E-state index contributed by atoms with van der Waals surface area (Å²) in [5.74, 6) is 0.762. The highest BCUT2D eigenvalue weighted by molar-refractivity contribution is 7.87. The fourth-order valence-corrected chi connectivity index (χ4v) is 1.67. The van der Waals surface area contributed by atoms with Crippen molar-refractivity contribution in [2.45, 2.75) is 46.0 Å². The number of hydrogen-bond acceptors (Lipinski definition) is 2. The van der Waals surface area contributed by atoms with Crippen molar-refractivity contribution in [3.05, 3.63) is 0 Å². The maximum absolute atomic E-state index is 10.5. The van der Waals surface area contributed by atoms with Crippen LogP contribution in [0.5, 0.6) is 0 Å². The SMILES string of the molecule is CC(C)CCCCCCNS(N)(=O)=O. The molecule has 0 bridgehead atoms. The van der Waals surface area contributed by atoms with Crippen molar-refractivity contribution >= 4 is 10.2 Å². The molecular weight excluding hydrogens is 200 g/mol. The molecule has 4 nitrogen and oxygen atoms in total. The number of unbranched alkanes of at least 4 members (excludes halogenated alkanes) is 3. The van der Waals surface area contributed by atoms with Gasteiger partial charge < -0.3 is 0 Å². The Morgan fingerprint density at radius 2 is 1.71 bits per heavy atom. The second-order valence-corrected chi connectivity index (χ2v) is 5.41. The van der Waals surface area contributed by atoms with Crippen LogP contribution in [0.25, 0.3) is 0 Å². The van der Waals surface area contributed by atoms with E-state index in [2.05, 4.69) is 18.6 Å². The first kappa shape index (κ1) is 13.9. The van der Waals surface area contributed by atoms with Gasteiger partial charge in [-0.05, 0) is 12.3 Å². The van der Waals surface area contributed by atoms with E-state index in [-0.39, 0.29) is 0 Å². The molecule has 0 aromatic carbocycles. The standard InChI is InChI=1S/C9H22N2O2S/c1-9(2)7-5-3-4-6-8-11-14(10,12)13/h9,11H,3-8H2,1-2H3,(H2,10,12,13). The Morgan fingerprint density at radius 1 is 1.14 bits per heavy atom. The predicted molar refractivity (Wildman–Crippen MR) is 59.0 cm³/mol. The normalized spacial score (nSPS) is 12.3. The second kappa shape index (κ2) is 7.20. The molecule has 0 amide bonds. The van der Waals surface area contributed by atoms with E-state index in [0.717, 1.165) is 18.8 Å². The summed E-state index contributed by atoms with van der Waals surface area (Å²) in [6.07, 6.45) is 5.59. The summed E-state index contributed by atoms with van der Waals surface area (Å²) < 4.78 is 23.2. The van der Waals surface area contributed by atoms with Crippen LogP contribution in [-0.4, -0.2) is 15.0 Å². The van der Waals surface area contributed by atoms with Crippen molar-refractivity contribution in [1.82, 2.24) is 4.72 Å². The van der Waals surface area contributed by atoms with Crippen LogP contribution >= 0.6 is 0 Å². The highest BCUT2D eigenvalue weighted by Gasteiger charge is 1.99. The Balaban J connectivity index is 3.15. The molecule has 0 unspecified atom stereocenters. The van der Waals surface area contributed by atoms with Gasteiger partial charge in [-0.2, -0.15) is 8.42 Å². The molecule has 0 aromatic rings. The zero-order valence-electron chi connectivity index (χ0n) is 9.12. The van der Waals surface area contributed by atoms with E-state index in [1.165, 1.54) is 19.3 Å². The molecule has 0 aliphatic heterocycles. The van der Waals surface area contributed by atoms with Gasteiger partial charge in [0.05, 0.1) is 0 Å². The first-order chi connectivity index (χ1) is 6.42. The molecule has 3 N–H and O–H groups in total. The predicted octanol–water partition coefficient (Wildman–Crippen LogP) is 1.39. The van der Waals surface area contributed by atoms with Gasteiger partial charge in [0.15, 0.2) is 0 Å². The lowest BCUT2D eigenvalue weighted by Gasteiger charge is -2.04. The quantitative estimate of drug-likeness (QED) is 0.609. The highest BCUT2D eigenvalue weighted by Crippen LogP contribution is 2.08. The van der Waals surface area contributed by atoms with Gasteiger partial charge in [-0.25, -0.2) is 9.86 Å². The van der Waals surface area contributed by atoms with Crippen molar-refractivity contribution in [2.75, 3.05) is 6.54 Å². The van der Waals surface area contributed by atoms with Crippen LogP contribution in [0.4, 0.5) is 0 Å². The van der Waals surface area contributed by atoms with Crippen LogP contribution in [0.15, 0.2) is 0 Å². The van der Waals surface area contributed by atoms with Crippen LogP contribution in [0, 0.1) is 5.92 Å². The van der Waals surface area contributed by atoms with Crippen LogP contribution in [0.3, 0.4) is 0 Å². The van der Waals surface area contributed by atoms with Gasteiger partial charge >= 0.3 is 0 Å². The first-order valence-electron chi connectivity index (χ1n) is 5.19. The van der Waals surface area contributed by atoms with Gasteiger partial charge in [0.1, 0.15) is 0 Å². The topological polar surface area (TPSA) is 72.2 Å². The summed E-state index contributed by atoms with van der Waals surface area (Å²) in [5.41, 5.74) is 0.